The van der Waals surface area contributed by atoms with Gasteiger partial charge in [0.05, 0.1) is 5.25 Å². The molecule has 0 radical (unpaired) electrons. The van der Waals surface area contributed by atoms with Crippen LogP contribution in [-0.4, -0.2) is 16.0 Å². The standard InChI is InChI=1S/C14H18N2OS/c1-10(13-7-5-4-6-8-13)9-18-11(2)14-16-15-12(3)17-14/h4-8,10-11H,9H2,1-3H3/t10-,11+/m0/s1. The number of hydrogen-bond acceptors (Lipinski definition) is 4. The number of aromatic nitrogens is 2. The third-order valence-corrected chi connectivity index (χ3v) is 4.25. The molecule has 0 amide bonds. The predicted octanol–water partition coefficient (Wildman–Crippen LogP) is 3.98. The third-order valence-electron chi connectivity index (χ3n) is 2.85. The Bertz CT molecular complexity index is 484. The van der Waals surface area contributed by atoms with Crippen LogP contribution in [0, 0.1) is 6.92 Å². The maximum absolute atomic E-state index is 5.44. The first kappa shape index (κ1) is 13.1. The smallest absolute Gasteiger partial charge is 0.229 e. The van der Waals surface area contributed by atoms with E-state index < -0.39 is 0 Å². The highest BCUT2D eigenvalue weighted by Crippen LogP contribution is 2.31. The van der Waals surface area contributed by atoms with E-state index in [-0.39, 0.29) is 5.25 Å². The zero-order valence-electron chi connectivity index (χ0n) is 11.0. The molecule has 18 heavy (non-hydrogen) atoms. The van der Waals surface area contributed by atoms with E-state index in [1.165, 1.54) is 5.56 Å². The lowest BCUT2D eigenvalue weighted by Crippen LogP contribution is -1.99. The SMILES string of the molecule is Cc1nnc([C@@H](C)SC[C@H](C)c2ccccc2)o1. The summed E-state index contributed by atoms with van der Waals surface area (Å²) >= 11 is 1.85. The van der Waals surface area contributed by atoms with Gasteiger partial charge in [-0.25, -0.2) is 0 Å². The van der Waals surface area contributed by atoms with E-state index in [4.69, 9.17) is 4.42 Å². The maximum Gasteiger partial charge on any atom is 0.229 e. The number of benzene rings is 1. The third kappa shape index (κ3) is 3.35. The minimum absolute atomic E-state index is 0.248. The van der Waals surface area contributed by atoms with Gasteiger partial charge >= 0.3 is 0 Å². The molecule has 2 atom stereocenters. The van der Waals surface area contributed by atoms with Gasteiger partial charge in [-0.3, -0.25) is 0 Å². The van der Waals surface area contributed by atoms with E-state index in [2.05, 4.69) is 48.3 Å². The van der Waals surface area contributed by atoms with Gasteiger partial charge in [0, 0.05) is 12.7 Å². The molecule has 0 fully saturated rings. The largest absolute Gasteiger partial charge is 0.424 e. The van der Waals surface area contributed by atoms with Crippen molar-refractivity contribution in [1.29, 1.82) is 0 Å². The summed E-state index contributed by atoms with van der Waals surface area (Å²) in [6, 6.07) is 10.6. The van der Waals surface area contributed by atoms with Crippen molar-refractivity contribution in [3.8, 4) is 0 Å². The highest BCUT2D eigenvalue weighted by molar-refractivity contribution is 7.99. The summed E-state index contributed by atoms with van der Waals surface area (Å²) in [6.45, 7) is 6.17. The fourth-order valence-corrected chi connectivity index (χ4v) is 2.72. The fourth-order valence-electron chi connectivity index (χ4n) is 1.71. The average Bonchev–Trinajstić information content (AvgIpc) is 2.83. The molecule has 4 heteroatoms. The molecule has 0 saturated carbocycles. The van der Waals surface area contributed by atoms with Crippen LogP contribution in [-0.2, 0) is 0 Å². The Balaban J connectivity index is 1.88. The van der Waals surface area contributed by atoms with Crippen LogP contribution >= 0.6 is 11.8 Å². The minimum atomic E-state index is 0.248. The predicted molar refractivity (Wildman–Crippen MR) is 74.8 cm³/mol. The lowest BCUT2D eigenvalue weighted by atomic mass is 10.0. The molecule has 0 N–H and O–H groups in total. The van der Waals surface area contributed by atoms with Crippen LogP contribution in [0.5, 0.6) is 0 Å². The Kier molecular flexibility index (Phi) is 4.42. The van der Waals surface area contributed by atoms with E-state index in [0.29, 0.717) is 11.8 Å². The van der Waals surface area contributed by atoms with Gasteiger partial charge in [-0.2, -0.15) is 0 Å². The average molecular weight is 262 g/mol. The fraction of sp³-hybridized carbons (Fsp3) is 0.429. The molecule has 0 aliphatic rings. The van der Waals surface area contributed by atoms with Gasteiger partial charge in [0.15, 0.2) is 0 Å². The van der Waals surface area contributed by atoms with E-state index in [9.17, 15) is 0 Å². The number of rotatable bonds is 5. The van der Waals surface area contributed by atoms with Gasteiger partial charge in [0.2, 0.25) is 11.8 Å². The van der Waals surface area contributed by atoms with Crippen molar-refractivity contribution in [1.82, 2.24) is 10.2 Å². The Morgan fingerprint density at radius 3 is 2.50 bits per heavy atom. The second-order valence-corrected chi connectivity index (χ2v) is 5.82. The molecular formula is C14H18N2OS. The Morgan fingerprint density at radius 1 is 1.17 bits per heavy atom. The Morgan fingerprint density at radius 2 is 1.89 bits per heavy atom. The molecule has 1 aromatic heterocycles. The van der Waals surface area contributed by atoms with E-state index in [1.54, 1.807) is 0 Å². The lowest BCUT2D eigenvalue weighted by molar-refractivity contribution is 0.470. The van der Waals surface area contributed by atoms with Crippen LogP contribution in [0.25, 0.3) is 0 Å². The summed E-state index contributed by atoms with van der Waals surface area (Å²) in [5, 5.41) is 8.17. The molecule has 0 aliphatic heterocycles. The lowest BCUT2D eigenvalue weighted by Gasteiger charge is -2.13. The highest BCUT2D eigenvalue weighted by Gasteiger charge is 2.15. The summed E-state index contributed by atoms with van der Waals surface area (Å²) in [4.78, 5) is 0. The van der Waals surface area contributed by atoms with Crippen LogP contribution < -0.4 is 0 Å². The summed E-state index contributed by atoms with van der Waals surface area (Å²) in [6.07, 6.45) is 0. The molecule has 2 aromatic rings. The first-order valence-corrected chi connectivity index (χ1v) is 7.18. The molecule has 2 rings (SSSR count). The monoisotopic (exact) mass is 262 g/mol. The number of nitrogens with zero attached hydrogens (tertiary/aromatic N) is 2. The molecule has 0 bridgehead atoms. The van der Waals surface area contributed by atoms with Crippen LogP contribution in [0.2, 0.25) is 0 Å². The molecule has 0 spiro atoms. The van der Waals surface area contributed by atoms with Gasteiger partial charge in [0.1, 0.15) is 0 Å². The number of thioether (sulfide) groups is 1. The van der Waals surface area contributed by atoms with Crippen LogP contribution in [0.4, 0.5) is 0 Å². The van der Waals surface area contributed by atoms with Gasteiger partial charge < -0.3 is 4.42 Å². The van der Waals surface area contributed by atoms with Crippen molar-refractivity contribution in [3.05, 3.63) is 47.7 Å². The normalized spacial score (nSPS) is 14.4. The van der Waals surface area contributed by atoms with Crippen molar-refractivity contribution in [2.24, 2.45) is 0 Å². The molecular weight excluding hydrogens is 244 g/mol. The van der Waals surface area contributed by atoms with Gasteiger partial charge in [-0.1, -0.05) is 37.3 Å². The summed E-state index contributed by atoms with van der Waals surface area (Å²) in [5.41, 5.74) is 1.37. The maximum atomic E-state index is 5.44. The quantitative estimate of drug-likeness (QED) is 0.817. The van der Waals surface area contributed by atoms with Crippen molar-refractivity contribution >= 4 is 11.8 Å². The topological polar surface area (TPSA) is 38.9 Å². The number of hydrogen-bond donors (Lipinski definition) is 0. The first-order valence-electron chi connectivity index (χ1n) is 6.13. The van der Waals surface area contributed by atoms with E-state index in [1.807, 2.05) is 24.8 Å². The molecule has 0 aliphatic carbocycles. The molecule has 96 valence electrons. The van der Waals surface area contributed by atoms with Crippen LogP contribution in [0.3, 0.4) is 0 Å². The molecule has 1 aromatic carbocycles. The highest BCUT2D eigenvalue weighted by atomic mass is 32.2. The second-order valence-electron chi connectivity index (χ2n) is 4.45. The minimum Gasteiger partial charge on any atom is -0.424 e. The summed E-state index contributed by atoms with van der Waals surface area (Å²) in [7, 11) is 0. The molecule has 0 saturated heterocycles. The van der Waals surface area contributed by atoms with Gasteiger partial charge in [0.25, 0.3) is 0 Å². The van der Waals surface area contributed by atoms with Crippen molar-refractivity contribution in [2.75, 3.05) is 5.75 Å². The summed E-state index contributed by atoms with van der Waals surface area (Å²) in [5.74, 6) is 2.93. The van der Waals surface area contributed by atoms with E-state index >= 15 is 0 Å². The van der Waals surface area contributed by atoms with Crippen molar-refractivity contribution < 1.29 is 4.42 Å². The van der Waals surface area contributed by atoms with Gasteiger partial charge in [-0.15, -0.1) is 22.0 Å². The van der Waals surface area contributed by atoms with Crippen LogP contribution in [0.1, 0.15) is 42.4 Å². The second kappa shape index (κ2) is 6.05. The molecule has 1 heterocycles. The zero-order valence-corrected chi connectivity index (χ0v) is 11.8. The molecule has 0 unspecified atom stereocenters. The van der Waals surface area contributed by atoms with Crippen LogP contribution in [0.15, 0.2) is 34.7 Å². The van der Waals surface area contributed by atoms with Crippen molar-refractivity contribution in [3.63, 3.8) is 0 Å². The summed E-state index contributed by atoms with van der Waals surface area (Å²) < 4.78 is 5.44. The Hall–Kier alpha value is -1.29. The van der Waals surface area contributed by atoms with E-state index in [0.717, 1.165) is 11.6 Å². The van der Waals surface area contributed by atoms with Crippen molar-refractivity contribution in [2.45, 2.75) is 31.9 Å². The number of aryl methyl sites for hydroxylation is 1. The zero-order chi connectivity index (χ0) is 13.0. The first-order chi connectivity index (χ1) is 8.66. The van der Waals surface area contributed by atoms with Gasteiger partial charge in [-0.05, 0) is 18.4 Å². The molecule has 3 nitrogen and oxygen atoms in total. The Labute approximate surface area is 112 Å².